The van der Waals surface area contributed by atoms with Gasteiger partial charge < -0.3 is 11.1 Å². The van der Waals surface area contributed by atoms with Crippen molar-refractivity contribution in [1.82, 2.24) is 9.97 Å². The zero-order chi connectivity index (χ0) is 44.2. The highest BCUT2D eigenvalue weighted by molar-refractivity contribution is 6.67. The van der Waals surface area contributed by atoms with Crippen molar-refractivity contribution < 1.29 is 44.7 Å². The van der Waals surface area contributed by atoms with Gasteiger partial charge in [-0.2, -0.15) is 0 Å². The first-order valence-corrected chi connectivity index (χ1v) is 19.3. The number of nitrogens with zero attached hydrogens (tertiary/aromatic N) is 2. The Hall–Kier alpha value is -6.15. The lowest BCUT2D eigenvalue weighted by atomic mass is 9.85. The highest BCUT2D eigenvalue weighted by Crippen LogP contribution is 2.38. The van der Waals surface area contributed by atoms with E-state index in [1.165, 1.54) is 18.3 Å². The Labute approximate surface area is 350 Å². The van der Waals surface area contributed by atoms with Crippen LogP contribution in [0.1, 0.15) is 66.9 Å². The number of carbonyl (C=O) groups is 2. The van der Waals surface area contributed by atoms with Crippen molar-refractivity contribution in [2.75, 3.05) is 11.1 Å². The molecule has 0 atom stereocenters. The number of halogens is 9. The number of benzene rings is 4. The Bertz CT molecular complexity index is 2560. The second-order valence-electron chi connectivity index (χ2n) is 14.8. The standard InChI is InChI=1S/C23H18F4N2O.C16H16F2N2.C7H3ClF2O/c1-13-9-14-7-8-23(26,27)11-16(14)10-17(13)15-5-6-20(28-12-15)29-22(30)21-18(24)3-2-4-19(21)25;1-10-6-11-4-5-16(17,18)8-13(11)7-14(10)12-2-3-15(19)20-9-12;8-7(11)6-4(9)2-1-3-5(6)10/h2-6,9-10,12H,7-8,11H2,1H3,(H,28,29,30);2-3,6-7,9H,4-5,8H2,1H3,(H2,19,20);1-3H. The Balaban J connectivity index is 0.000000172. The summed E-state index contributed by atoms with van der Waals surface area (Å²) in [4.78, 5) is 30.8. The van der Waals surface area contributed by atoms with Crippen molar-refractivity contribution in [3.05, 3.63) is 165 Å². The molecule has 6 aromatic rings. The normalized spacial score (nSPS) is 14.5. The number of fused-ring (bicyclic) bond motifs is 2. The van der Waals surface area contributed by atoms with Crippen LogP contribution in [0.2, 0.25) is 0 Å². The zero-order valence-corrected chi connectivity index (χ0v) is 33.4. The van der Waals surface area contributed by atoms with Crippen molar-refractivity contribution in [3.63, 3.8) is 0 Å². The van der Waals surface area contributed by atoms with Crippen molar-refractivity contribution in [2.45, 2.75) is 64.2 Å². The van der Waals surface area contributed by atoms with Gasteiger partial charge in [0.25, 0.3) is 23.0 Å². The summed E-state index contributed by atoms with van der Waals surface area (Å²) in [5.74, 6) is -9.47. The molecule has 61 heavy (non-hydrogen) atoms. The Morgan fingerprint density at radius 2 is 1.07 bits per heavy atom. The van der Waals surface area contributed by atoms with Gasteiger partial charge in [-0.1, -0.05) is 36.4 Å². The highest BCUT2D eigenvalue weighted by atomic mass is 35.5. The second-order valence-corrected chi connectivity index (χ2v) is 15.1. The third-order valence-electron chi connectivity index (χ3n) is 10.3. The molecule has 8 rings (SSSR count). The highest BCUT2D eigenvalue weighted by Gasteiger charge is 2.35. The molecular weight excluding hydrogens is 828 g/mol. The van der Waals surface area contributed by atoms with E-state index in [4.69, 9.17) is 17.3 Å². The molecule has 2 heterocycles. The Morgan fingerprint density at radius 1 is 0.623 bits per heavy atom. The maximum absolute atomic E-state index is 13.8. The third-order valence-corrected chi connectivity index (χ3v) is 10.5. The molecule has 0 bridgehead atoms. The summed E-state index contributed by atoms with van der Waals surface area (Å²) in [7, 11) is 0. The monoisotopic (exact) mass is 864 g/mol. The largest absolute Gasteiger partial charge is 0.384 e. The van der Waals surface area contributed by atoms with E-state index in [-0.39, 0.29) is 31.5 Å². The van der Waals surface area contributed by atoms with Gasteiger partial charge in [0.2, 0.25) is 0 Å². The molecule has 0 spiro atoms. The predicted molar refractivity (Wildman–Crippen MR) is 218 cm³/mol. The number of aryl methyl sites for hydroxylation is 4. The summed E-state index contributed by atoms with van der Waals surface area (Å²) < 4.78 is 107. The van der Waals surface area contributed by atoms with E-state index in [9.17, 15) is 44.7 Å². The van der Waals surface area contributed by atoms with E-state index >= 15 is 0 Å². The number of nitrogens with two attached hydrogens (primary N) is 1. The molecule has 316 valence electrons. The maximum atomic E-state index is 13.8. The molecule has 0 saturated carbocycles. The van der Waals surface area contributed by atoms with Crippen LogP contribution in [-0.4, -0.2) is 33.0 Å². The molecule has 2 aliphatic carbocycles. The fourth-order valence-corrected chi connectivity index (χ4v) is 7.36. The van der Waals surface area contributed by atoms with Crippen molar-refractivity contribution in [3.8, 4) is 22.3 Å². The molecule has 6 nitrogen and oxygen atoms in total. The number of nitrogens with one attached hydrogen (secondary N) is 1. The number of aromatic nitrogens is 2. The maximum Gasteiger partial charge on any atom is 0.262 e. The van der Waals surface area contributed by atoms with Gasteiger partial charge in [0.15, 0.2) is 0 Å². The molecule has 15 heteroatoms. The van der Waals surface area contributed by atoms with Crippen molar-refractivity contribution >= 4 is 34.4 Å². The summed E-state index contributed by atoms with van der Waals surface area (Å²) >= 11 is 4.89. The first kappa shape index (κ1) is 44.4. The lowest BCUT2D eigenvalue weighted by Crippen LogP contribution is -2.26. The fourth-order valence-electron chi connectivity index (χ4n) is 7.18. The topological polar surface area (TPSA) is 98.0 Å². The average Bonchev–Trinajstić information content (AvgIpc) is 3.18. The van der Waals surface area contributed by atoms with Gasteiger partial charge in [0, 0.05) is 49.2 Å². The first-order chi connectivity index (χ1) is 28.8. The molecule has 0 fully saturated rings. The quantitative estimate of drug-likeness (QED) is 0.133. The number of rotatable bonds is 5. The van der Waals surface area contributed by atoms with Crippen molar-refractivity contribution in [2.24, 2.45) is 0 Å². The molecule has 2 aliphatic rings. The number of hydrogen-bond donors (Lipinski definition) is 2. The van der Waals surface area contributed by atoms with E-state index < -0.39 is 57.4 Å². The summed E-state index contributed by atoms with van der Waals surface area (Å²) in [6.45, 7) is 3.90. The van der Waals surface area contributed by atoms with Crippen LogP contribution in [0.15, 0.2) is 97.3 Å². The molecule has 0 aliphatic heterocycles. The summed E-state index contributed by atoms with van der Waals surface area (Å²) in [5, 5.41) is 1.24. The number of pyridine rings is 2. The second kappa shape index (κ2) is 18.2. The molecule has 3 N–H and O–H groups in total. The number of alkyl halides is 4. The summed E-state index contributed by atoms with van der Waals surface area (Å²) in [6.07, 6.45) is 3.32. The molecule has 0 unspecified atom stereocenters. The molecule has 4 aromatic carbocycles. The lowest BCUT2D eigenvalue weighted by Gasteiger charge is -2.25. The third kappa shape index (κ3) is 10.8. The van der Waals surface area contributed by atoms with Crippen LogP contribution in [0.5, 0.6) is 0 Å². The average molecular weight is 865 g/mol. The summed E-state index contributed by atoms with van der Waals surface area (Å²) in [6, 6.07) is 20.6. The zero-order valence-electron chi connectivity index (χ0n) is 32.7. The number of nitrogen functional groups attached to an aromatic ring is 1. The minimum atomic E-state index is -2.70. The first-order valence-electron chi connectivity index (χ1n) is 18.9. The van der Waals surface area contributed by atoms with Crippen LogP contribution in [0.25, 0.3) is 22.3 Å². The SMILES string of the molecule is Cc1cc2c(cc1-c1ccc(N)nc1)CC(F)(F)CC2.Cc1cc2c(cc1-c1ccc(NC(=O)c3c(F)cccc3F)nc1)CC(F)(F)CC2.O=C(Cl)c1c(F)cccc1F. The minimum Gasteiger partial charge on any atom is -0.384 e. The van der Waals surface area contributed by atoms with Gasteiger partial charge in [-0.3, -0.25) is 9.59 Å². The molecule has 2 aromatic heterocycles. The van der Waals surface area contributed by atoms with Crippen LogP contribution in [0.3, 0.4) is 0 Å². The molecular formula is C46H37ClF8N4O2. The van der Waals surface area contributed by atoms with Crippen LogP contribution in [0.4, 0.5) is 46.8 Å². The minimum absolute atomic E-state index is 0.0534. The van der Waals surface area contributed by atoms with E-state index in [1.54, 1.807) is 24.4 Å². The van der Waals surface area contributed by atoms with E-state index in [0.717, 1.165) is 74.8 Å². The van der Waals surface area contributed by atoms with E-state index in [1.807, 2.05) is 38.1 Å². The van der Waals surface area contributed by atoms with Gasteiger partial charge in [-0.05, 0) is 131 Å². The van der Waals surface area contributed by atoms with Crippen LogP contribution < -0.4 is 11.1 Å². The van der Waals surface area contributed by atoms with Gasteiger partial charge in [0.1, 0.15) is 46.0 Å². The molecule has 1 amide bonds. The molecule has 0 saturated heterocycles. The number of anilines is 2. The van der Waals surface area contributed by atoms with Crippen LogP contribution in [-0.2, 0) is 25.7 Å². The predicted octanol–water partition coefficient (Wildman–Crippen LogP) is 11.8. The van der Waals surface area contributed by atoms with Gasteiger partial charge in [0.05, 0.1) is 0 Å². The number of carbonyl (C=O) groups excluding carboxylic acids is 2. The Kier molecular flexibility index (Phi) is 13.3. The fraction of sp³-hybridized carbons (Fsp3) is 0.217. The smallest absolute Gasteiger partial charge is 0.262 e. The van der Waals surface area contributed by atoms with Crippen LogP contribution in [0, 0.1) is 37.1 Å². The van der Waals surface area contributed by atoms with Crippen molar-refractivity contribution in [1.29, 1.82) is 0 Å². The van der Waals surface area contributed by atoms with Gasteiger partial charge in [-0.25, -0.2) is 45.1 Å². The molecule has 0 radical (unpaired) electrons. The summed E-state index contributed by atoms with van der Waals surface area (Å²) in [5.41, 5.74) is 12.9. The lowest BCUT2D eigenvalue weighted by molar-refractivity contribution is -0.0128. The van der Waals surface area contributed by atoms with E-state index in [0.29, 0.717) is 29.8 Å². The Morgan fingerprint density at radius 3 is 1.46 bits per heavy atom. The van der Waals surface area contributed by atoms with Gasteiger partial charge in [-0.15, -0.1) is 0 Å². The van der Waals surface area contributed by atoms with Gasteiger partial charge >= 0.3 is 0 Å². The van der Waals surface area contributed by atoms with Crippen LogP contribution >= 0.6 is 11.6 Å². The van der Waals surface area contributed by atoms with E-state index in [2.05, 4.69) is 15.3 Å². The number of hydrogen-bond acceptors (Lipinski definition) is 5. The number of amides is 1.